The number of Topliss-reactive ketones (excluding diaryl/α,β-unsaturated/α-hetero) is 1. The topological polar surface area (TPSA) is 104 Å². The van der Waals surface area contributed by atoms with Gasteiger partial charge in [-0.05, 0) is 30.1 Å². The van der Waals surface area contributed by atoms with Crippen LogP contribution in [0.1, 0.15) is 12.8 Å². The molecule has 3 N–H and O–H groups in total. The van der Waals surface area contributed by atoms with Crippen molar-refractivity contribution in [1.29, 1.82) is 0 Å². The molecular weight excluding hydrogens is 400 g/mol. The van der Waals surface area contributed by atoms with Crippen LogP contribution in [-0.4, -0.2) is 68.4 Å². The summed E-state index contributed by atoms with van der Waals surface area (Å²) in [6, 6.07) is 9.18. The van der Waals surface area contributed by atoms with Crippen molar-refractivity contribution in [3.05, 3.63) is 42.5 Å². The lowest BCUT2D eigenvalue weighted by molar-refractivity contribution is -0.133. The van der Waals surface area contributed by atoms with Crippen LogP contribution < -0.4 is 4.74 Å². The number of para-hydroxylation sites is 1. The highest BCUT2D eigenvalue weighted by Crippen LogP contribution is 2.34. The van der Waals surface area contributed by atoms with Crippen molar-refractivity contribution in [1.82, 2.24) is 0 Å². The second-order valence-electron chi connectivity index (χ2n) is 6.48. The SMILES string of the molecule is O=C(O)CSCCCS[C@H]1C(=O)C[C@@H](O)[C@@H]1/C=C/[C@@H](O)COc1ccccc1. The van der Waals surface area contributed by atoms with E-state index in [1.807, 2.05) is 18.2 Å². The summed E-state index contributed by atoms with van der Waals surface area (Å²) in [7, 11) is 0. The summed E-state index contributed by atoms with van der Waals surface area (Å²) < 4.78 is 5.50. The number of carbonyl (C=O) groups excluding carboxylic acids is 1. The first-order valence-electron chi connectivity index (χ1n) is 9.13. The maximum absolute atomic E-state index is 12.2. The third kappa shape index (κ3) is 7.87. The Labute approximate surface area is 173 Å². The molecule has 0 saturated heterocycles. The van der Waals surface area contributed by atoms with Gasteiger partial charge in [0, 0.05) is 12.3 Å². The van der Waals surface area contributed by atoms with E-state index in [2.05, 4.69) is 0 Å². The van der Waals surface area contributed by atoms with Crippen LogP contribution in [0.15, 0.2) is 42.5 Å². The molecule has 0 bridgehead atoms. The second-order valence-corrected chi connectivity index (χ2v) is 8.84. The molecule has 28 heavy (non-hydrogen) atoms. The zero-order valence-electron chi connectivity index (χ0n) is 15.5. The summed E-state index contributed by atoms with van der Waals surface area (Å²) in [5.41, 5.74) is 0. The van der Waals surface area contributed by atoms with E-state index in [0.717, 1.165) is 17.9 Å². The average molecular weight is 427 g/mol. The van der Waals surface area contributed by atoms with Gasteiger partial charge in [-0.2, -0.15) is 11.8 Å². The Morgan fingerprint density at radius 2 is 2.04 bits per heavy atom. The molecule has 0 radical (unpaired) electrons. The Balaban J connectivity index is 1.77. The summed E-state index contributed by atoms with van der Waals surface area (Å²) in [6.45, 7) is 0.0931. The number of benzene rings is 1. The monoisotopic (exact) mass is 426 g/mol. The van der Waals surface area contributed by atoms with Gasteiger partial charge in [-0.3, -0.25) is 9.59 Å². The highest BCUT2D eigenvalue weighted by atomic mass is 32.2. The predicted molar refractivity (Wildman–Crippen MR) is 112 cm³/mol. The number of hydrogen-bond acceptors (Lipinski definition) is 7. The molecule has 0 heterocycles. The highest BCUT2D eigenvalue weighted by molar-refractivity contribution is 8.01. The molecule has 1 aliphatic rings. The number of hydrogen-bond donors (Lipinski definition) is 3. The average Bonchev–Trinajstić information content (AvgIpc) is 2.94. The number of thioether (sulfide) groups is 2. The predicted octanol–water partition coefficient (Wildman–Crippen LogP) is 2.24. The van der Waals surface area contributed by atoms with Gasteiger partial charge < -0.3 is 20.1 Å². The van der Waals surface area contributed by atoms with Crippen LogP contribution >= 0.6 is 23.5 Å². The van der Waals surface area contributed by atoms with E-state index in [9.17, 15) is 19.8 Å². The lowest BCUT2D eigenvalue weighted by atomic mass is 10.0. The molecule has 0 aliphatic heterocycles. The van der Waals surface area contributed by atoms with Gasteiger partial charge in [0.15, 0.2) is 0 Å². The van der Waals surface area contributed by atoms with Crippen LogP contribution in [0.4, 0.5) is 0 Å². The fraction of sp³-hybridized carbons (Fsp3) is 0.500. The summed E-state index contributed by atoms with van der Waals surface area (Å²) in [5, 5.41) is 28.6. The van der Waals surface area contributed by atoms with Gasteiger partial charge in [-0.1, -0.05) is 30.4 Å². The lowest BCUT2D eigenvalue weighted by Crippen LogP contribution is -2.23. The minimum Gasteiger partial charge on any atom is -0.491 e. The zero-order chi connectivity index (χ0) is 20.4. The summed E-state index contributed by atoms with van der Waals surface area (Å²) in [4.78, 5) is 22.7. The molecule has 1 saturated carbocycles. The number of carbonyl (C=O) groups is 2. The molecule has 2 rings (SSSR count). The number of aliphatic hydroxyl groups is 2. The van der Waals surface area contributed by atoms with Gasteiger partial charge in [0.1, 0.15) is 24.2 Å². The Hall–Kier alpha value is -1.48. The van der Waals surface area contributed by atoms with Crippen molar-refractivity contribution in [2.24, 2.45) is 5.92 Å². The number of ketones is 1. The minimum absolute atomic E-state index is 0.0142. The van der Waals surface area contributed by atoms with Crippen LogP contribution in [-0.2, 0) is 9.59 Å². The standard InChI is InChI=1S/C20H26O6S2/c21-14(12-26-15-5-2-1-3-6-15)7-8-16-17(22)11-18(23)20(16)28-10-4-9-27-13-19(24)25/h1-3,5-8,14,16-17,20-22H,4,9-13H2,(H,24,25)/b8-7+/t14-,16+,17-,20-/m1/s1. The first-order chi connectivity index (χ1) is 13.5. The van der Waals surface area contributed by atoms with Crippen LogP contribution in [0.3, 0.4) is 0 Å². The molecule has 0 spiro atoms. The number of carboxylic acids is 1. The molecule has 1 aromatic rings. The third-order valence-corrected chi connectivity index (χ3v) is 6.69. The molecule has 154 valence electrons. The highest BCUT2D eigenvalue weighted by Gasteiger charge is 2.40. The molecule has 1 fully saturated rings. The number of aliphatic hydroxyl groups excluding tert-OH is 2. The quantitative estimate of drug-likeness (QED) is 0.345. The van der Waals surface area contributed by atoms with E-state index in [0.29, 0.717) is 5.75 Å². The zero-order valence-corrected chi connectivity index (χ0v) is 17.1. The number of carboxylic acid groups (broad SMARTS) is 1. The molecule has 1 aromatic carbocycles. The first-order valence-corrected chi connectivity index (χ1v) is 11.3. The molecule has 1 aliphatic carbocycles. The fourth-order valence-electron chi connectivity index (χ4n) is 2.85. The molecule has 0 unspecified atom stereocenters. The Morgan fingerprint density at radius 3 is 2.75 bits per heavy atom. The van der Waals surface area contributed by atoms with Gasteiger partial charge in [-0.25, -0.2) is 0 Å². The normalized spacial score (nSPS) is 23.2. The smallest absolute Gasteiger partial charge is 0.313 e. The molecule has 4 atom stereocenters. The van der Waals surface area contributed by atoms with Crippen LogP contribution in [0, 0.1) is 5.92 Å². The summed E-state index contributed by atoms with van der Waals surface area (Å²) in [6.07, 6.45) is 2.63. The minimum atomic E-state index is -0.832. The second kappa shape index (κ2) is 12.2. The van der Waals surface area contributed by atoms with Crippen molar-refractivity contribution in [2.45, 2.75) is 30.3 Å². The number of ether oxygens (including phenoxy) is 1. The summed E-state index contributed by atoms with van der Waals surface area (Å²) >= 11 is 2.85. The number of aliphatic carboxylic acids is 1. The molecular formula is C20H26O6S2. The van der Waals surface area contributed by atoms with Gasteiger partial charge in [-0.15, -0.1) is 11.8 Å². The third-order valence-electron chi connectivity index (χ3n) is 4.20. The van der Waals surface area contributed by atoms with Gasteiger partial charge >= 0.3 is 5.97 Å². The summed E-state index contributed by atoms with van der Waals surface area (Å²) in [5.74, 6) is 1.04. The van der Waals surface area contributed by atoms with E-state index in [4.69, 9.17) is 9.84 Å². The maximum Gasteiger partial charge on any atom is 0.313 e. The van der Waals surface area contributed by atoms with E-state index in [-0.39, 0.29) is 35.7 Å². The largest absolute Gasteiger partial charge is 0.491 e. The van der Waals surface area contributed by atoms with E-state index < -0.39 is 18.2 Å². The van der Waals surface area contributed by atoms with Crippen molar-refractivity contribution in [3.63, 3.8) is 0 Å². The maximum atomic E-state index is 12.2. The fourth-order valence-corrected chi connectivity index (χ4v) is 5.04. The lowest BCUT2D eigenvalue weighted by Gasteiger charge is -2.17. The van der Waals surface area contributed by atoms with Crippen molar-refractivity contribution >= 4 is 35.3 Å². The van der Waals surface area contributed by atoms with Crippen molar-refractivity contribution in [3.8, 4) is 5.75 Å². The van der Waals surface area contributed by atoms with Gasteiger partial charge in [0.25, 0.3) is 0 Å². The van der Waals surface area contributed by atoms with Crippen molar-refractivity contribution < 1.29 is 29.6 Å². The van der Waals surface area contributed by atoms with Crippen molar-refractivity contribution in [2.75, 3.05) is 23.9 Å². The van der Waals surface area contributed by atoms with Crippen LogP contribution in [0.2, 0.25) is 0 Å². The first kappa shape index (κ1) is 22.8. The number of rotatable bonds is 12. The molecule has 8 heteroatoms. The Bertz CT molecular complexity index is 651. The molecule has 0 amide bonds. The Morgan fingerprint density at radius 1 is 1.29 bits per heavy atom. The molecule has 0 aromatic heterocycles. The van der Waals surface area contributed by atoms with E-state index in [1.54, 1.807) is 24.3 Å². The van der Waals surface area contributed by atoms with Gasteiger partial charge in [0.05, 0.1) is 17.1 Å². The Kier molecular flexibility index (Phi) is 9.91. The van der Waals surface area contributed by atoms with Crippen LogP contribution in [0.5, 0.6) is 5.75 Å². The van der Waals surface area contributed by atoms with Gasteiger partial charge in [0.2, 0.25) is 0 Å². The van der Waals surface area contributed by atoms with Crippen LogP contribution in [0.25, 0.3) is 0 Å². The van der Waals surface area contributed by atoms with E-state index >= 15 is 0 Å². The molecule has 6 nitrogen and oxygen atoms in total. The van der Waals surface area contributed by atoms with E-state index in [1.165, 1.54) is 23.5 Å².